The second-order valence-electron chi connectivity index (χ2n) is 4.30. The number of alkyl halides is 1. The fraction of sp³-hybridized carbons (Fsp3) is 0.800. The lowest BCUT2D eigenvalue weighted by atomic mass is 9.74. The van der Waals surface area contributed by atoms with E-state index < -0.39 is 11.2 Å². The molecule has 0 aromatic carbocycles. The zero-order valence-electron chi connectivity index (χ0n) is 7.54. The molecule has 2 rings (SSSR count). The van der Waals surface area contributed by atoms with Gasteiger partial charge in [0.1, 0.15) is 0 Å². The maximum atomic E-state index is 10.3. The number of aliphatic hydroxyl groups is 2. The summed E-state index contributed by atoms with van der Waals surface area (Å²) in [5.41, 5.74) is -1.47. The van der Waals surface area contributed by atoms with E-state index in [-0.39, 0.29) is 4.83 Å². The molecule has 0 spiro atoms. The second kappa shape index (κ2) is 3.07. The smallest absolute Gasteiger partial charge is 0.0834 e. The third kappa shape index (κ3) is 1.47. The van der Waals surface area contributed by atoms with Crippen LogP contribution in [0, 0.1) is 0 Å². The fourth-order valence-corrected chi connectivity index (χ4v) is 3.27. The van der Waals surface area contributed by atoms with Crippen LogP contribution in [0.5, 0.6) is 0 Å². The van der Waals surface area contributed by atoms with Gasteiger partial charge in [0.25, 0.3) is 0 Å². The standard InChI is InChI=1S/C10H15BrO2/c11-8-9(12)4-1-2-5-10(8,13)7-3-6-9/h1-2,8,12-13H,3-7H2. The first kappa shape index (κ1) is 9.69. The number of rotatable bonds is 0. The Hall–Kier alpha value is 0.140. The molecule has 13 heavy (non-hydrogen) atoms. The summed E-state index contributed by atoms with van der Waals surface area (Å²) in [7, 11) is 0. The Morgan fingerprint density at radius 3 is 2.00 bits per heavy atom. The van der Waals surface area contributed by atoms with E-state index in [1.807, 2.05) is 12.2 Å². The molecular formula is C10H15BrO2. The van der Waals surface area contributed by atoms with Gasteiger partial charge in [-0.2, -0.15) is 0 Å². The average molecular weight is 247 g/mol. The van der Waals surface area contributed by atoms with Crippen LogP contribution in [0.15, 0.2) is 12.2 Å². The highest BCUT2D eigenvalue weighted by molar-refractivity contribution is 9.09. The number of hydrogen-bond acceptors (Lipinski definition) is 2. The van der Waals surface area contributed by atoms with Crippen molar-refractivity contribution in [1.29, 1.82) is 0 Å². The fourth-order valence-electron chi connectivity index (χ4n) is 2.44. The van der Waals surface area contributed by atoms with Crippen LogP contribution >= 0.6 is 15.9 Å². The summed E-state index contributed by atoms with van der Waals surface area (Å²) in [6, 6.07) is 0. The number of fused-ring (bicyclic) bond motifs is 2. The van der Waals surface area contributed by atoms with E-state index in [0.717, 1.165) is 19.3 Å². The molecule has 74 valence electrons. The zero-order valence-corrected chi connectivity index (χ0v) is 9.13. The minimum atomic E-state index is -0.736. The zero-order chi connectivity index (χ0) is 9.53. The predicted molar refractivity (Wildman–Crippen MR) is 54.8 cm³/mol. The Kier molecular flexibility index (Phi) is 2.29. The summed E-state index contributed by atoms with van der Waals surface area (Å²) in [6.45, 7) is 0. The van der Waals surface area contributed by atoms with Gasteiger partial charge in [-0.05, 0) is 32.1 Å². The van der Waals surface area contributed by atoms with E-state index in [4.69, 9.17) is 0 Å². The molecule has 1 fully saturated rings. The molecule has 2 aliphatic rings. The van der Waals surface area contributed by atoms with Crippen LogP contribution in [0.25, 0.3) is 0 Å². The molecule has 0 aromatic rings. The molecule has 2 atom stereocenters. The number of halogens is 1. The summed E-state index contributed by atoms with van der Waals surface area (Å²) < 4.78 is 0. The lowest BCUT2D eigenvalue weighted by molar-refractivity contribution is -0.0829. The highest BCUT2D eigenvalue weighted by Crippen LogP contribution is 2.45. The van der Waals surface area contributed by atoms with E-state index in [1.54, 1.807) is 0 Å². The number of hydrogen-bond donors (Lipinski definition) is 2. The molecule has 2 unspecified atom stereocenters. The lowest BCUT2D eigenvalue weighted by Gasteiger charge is -2.45. The van der Waals surface area contributed by atoms with E-state index in [9.17, 15) is 10.2 Å². The van der Waals surface area contributed by atoms with Crippen LogP contribution in [0.3, 0.4) is 0 Å². The van der Waals surface area contributed by atoms with E-state index in [2.05, 4.69) is 15.9 Å². The van der Waals surface area contributed by atoms with Crippen LogP contribution in [-0.4, -0.2) is 26.2 Å². The van der Waals surface area contributed by atoms with Crippen molar-refractivity contribution in [3.8, 4) is 0 Å². The summed E-state index contributed by atoms with van der Waals surface area (Å²) in [6.07, 6.45) is 7.77. The van der Waals surface area contributed by atoms with Crippen LogP contribution in [0.2, 0.25) is 0 Å². The first-order valence-electron chi connectivity index (χ1n) is 4.81. The van der Waals surface area contributed by atoms with Crippen molar-refractivity contribution in [3.05, 3.63) is 12.2 Å². The SMILES string of the molecule is OC12CC=CCC(O)(CCC1)C2Br. The van der Waals surface area contributed by atoms with Crippen LogP contribution in [0.1, 0.15) is 32.1 Å². The topological polar surface area (TPSA) is 40.5 Å². The van der Waals surface area contributed by atoms with Gasteiger partial charge in [-0.1, -0.05) is 28.1 Å². The van der Waals surface area contributed by atoms with Crippen molar-refractivity contribution < 1.29 is 10.2 Å². The van der Waals surface area contributed by atoms with Crippen LogP contribution < -0.4 is 0 Å². The summed E-state index contributed by atoms with van der Waals surface area (Å²) in [5.74, 6) is 0. The molecule has 0 saturated heterocycles. The largest absolute Gasteiger partial charge is 0.388 e. The van der Waals surface area contributed by atoms with Gasteiger partial charge in [0.15, 0.2) is 0 Å². The van der Waals surface area contributed by atoms with Gasteiger partial charge in [0, 0.05) is 0 Å². The lowest BCUT2D eigenvalue weighted by Crippen LogP contribution is -2.55. The molecule has 1 saturated carbocycles. The Balaban J connectivity index is 2.34. The van der Waals surface area contributed by atoms with Crippen molar-refractivity contribution in [1.82, 2.24) is 0 Å². The normalized spacial score (nSPS) is 50.2. The third-order valence-corrected chi connectivity index (χ3v) is 4.98. The minimum Gasteiger partial charge on any atom is -0.388 e. The molecule has 2 N–H and O–H groups in total. The third-order valence-electron chi connectivity index (χ3n) is 3.27. The van der Waals surface area contributed by atoms with Crippen molar-refractivity contribution >= 4 is 15.9 Å². The Morgan fingerprint density at radius 2 is 1.54 bits per heavy atom. The average Bonchev–Trinajstić information content (AvgIpc) is 2.18. The van der Waals surface area contributed by atoms with Gasteiger partial charge < -0.3 is 10.2 Å². The maximum Gasteiger partial charge on any atom is 0.0834 e. The first-order valence-corrected chi connectivity index (χ1v) is 5.72. The molecule has 3 heteroatoms. The van der Waals surface area contributed by atoms with Crippen LogP contribution in [-0.2, 0) is 0 Å². The molecule has 0 aromatic heterocycles. The summed E-state index contributed by atoms with van der Waals surface area (Å²) >= 11 is 3.45. The van der Waals surface area contributed by atoms with Crippen molar-refractivity contribution in [3.63, 3.8) is 0 Å². The molecule has 2 bridgehead atoms. The Bertz CT molecular complexity index is 219. The molecule has 0 amide bonds. The van der Waals surface area contributed by atoms with Crippen molar-refractivity contribution in [2.45, 2.75) is 48.1 Å². The van der Waals surface area contributed by atoms with Gasteiger partial charge in [0.2, 0.25) is 0 Å². The molecule has 2 aliphatic carbocycles. The van der Waals surface area contributed by atoms with Crippen LogP contribution in [0.4, 0.5) is 0 Å². The highest BCUT2D eigenvalue weighted by atomic mass is 79.9. The van der Waals surface area contributed by atoms with E-state index in [1.165, 1.54) is 0 Å². The van der Waals surface area contributed by atoms with E-state index >= 15 is 0 Å². The monoisotopic (exact) mass is 246 g/mol. The Morgan fingerprint density at radius 1 is 1.08 bits per heavy atom. The quantitative estimate of drug-likeness (QED) is 0.505. The molecule has 2 nitrogen and oxygen atoms in total. The second-order valence-corrected chi connectivity index (χ2v) is 5.22. The predicted octanol–water partition coefficient (Wildman–Crippen LogP) is 1.75. The van der Waals surface area contributed by atoms with Crippen molar-refractivity contribution in [2.75, 3.05) is 0 Å². The minimum absolute atomic E-state index is 0.184. The maximum absolute atomic E-state index is 10.3. The van der Waals surface area contributed by atoms with Gasteiger partial charge in [-0.15, -0.1) is 0 Å². The highest BCUT2D eigenvalue weighted by Gasteiger charge is 2.50. The molecule has 0 aliphatic heterocycles. The molecule has 0 heterocycles. The first-order chi connectivity index (χ1) is 6.07. The van der Waals surface area contributed by atoms with E-state index in [0.29, 0.717) is 12.8 Å². The summed E-state index contributed by atoms with van der Waals surface area (Å²) in [4.78, 5) is -0.184. The van der Waals surface area contributed by atoms with Gasteiger partial charge in [0.05, 0.1) is 16.0 Å². The van der Waals surface area contributed by atoms with Gasteiger partial charge >= 0.3 is 0 Å². The Labute approximate surface area is 86.8 Å². The van der Waals surface area contributed by atoms with Gasteiger partial charge in [-0.3, -0.25) is 0 Å². The van der Waals surface area contributed by atoms with Gasteiger partial charge in [-0.25, -0.2) is 0 Å². The molecule has 0 radical (unpaired) electrons. The van der Waals surface area contributed by atoms with Crippen molar-refractivity contribution in [2.24, 2.45) is 0 Å². The molecular weight excluding hydrogens is 232 g/mol. The summed E-state index contributed by atoms with van der Waals surface area (Å²) in [5, 5.41) is 20.5.